The molecule has 1 atom stereocenters. The Morgan fingerprint density at radius 3 is 2.89 bits per heavy atom. The number of amides is 1. The first-order valence-corrected chi connectivity index (χ1v) is 6.89. The summed E-state index contributed by atoms with van der Waals surface area (Å²) in [5.74, 6) is 0.0365. The van der Waals surface area contributed by atoms with E-state index in [0.717, 1.165) is 11.0 Å². The lowest BCUT2D eigenvalue weighted by Crippen LogP contribution is -2.32. The van der Waals surface area contributed by atoms with Crippen molar-refractivity contribution in [3.63, 3.8) is 0 Å². The summed E-state index contributed by atoms with van der Waals surface area (Å²) in [7, 11) is 1.79. The molecule has 0 radical (unpaired) electrons. The van der Waals surface area contributed by atoms with Gasteiger partial charge < -0.3 is 14.5 Å². The van der Waals surface area contributed by atoms with E-state index in [-0.39, 0.29) is 11.9 Å². The Hall–Kier alpha value is -1.33. The summed E-state index contributed by atoms with van der Waals surface area (Å²) in [5, 5.41) is 0.639. The Morgan fingerprint density at radius 1 is 1.58 bits per heavy atom. The summed E-state index contributed by atoms with van der Waals surface area (Å²) in [6.07, 6.45) is 0. The smallest absolute Gasteiger partial charge is 0.245 e. The summed E-state index contributed by atoms with van der Waals surface area (Å²) < 4.78 is 2.36. The van der Waals surface area contributed by atoms with E-state index in [2.05, 4.69) is 4.98 Å². The normalized spacial score (nSPS) is 12.6. The van der Waals surface area contributed by atoms with E-state index in [1.165, 1.54) is 0 Å². The Balaban J connectivity index is 2.53. The fraction of sp³-hybridized carbons (Fsp3) is 0.385. The zero-order valence-corrected chi connectivity index (χ0v) is 12.7. The van der Waals surface area contributed by atoms with Crippen LogP contribution in [0.5, 0.6) is 0 Å². The van der Waals surface area contributed by atoms with Crippen LogP contribution in [0.25, 0.3) is 11.0 Å². The van der Waals surface area contributed by atoms with E-state index in [1.54, 1.807) is 18.0 Å². The molecule has 1 aromatic heterocycles. The van der Waals surface area contributed by atoms with E-state index in [9.17, 15) is 4.79 Å². The van der Waals surface area contributed by atoms with Crippen molar-refractivity contribution in [1.29, 1.82) is 0 Å². The molecule has 0 saturated heterocycles. The van der Waals surface area contributed by atoms with Crippen molar-refractivity contribution < 1.29 is 4.79 Å². The number of fused-ring (bicyclic) bond motifs is 1. The van der Waals surface area contributed by atoms with Crippen LogP contribution in [-0.2, 0) is 4.79 Å². The van der Waals surface area contributed by atoms with Crippen LogP contribution >= 0.6 is 23.8 Å². The highest BCUT2D eigenvalue weighted by Gasteiger charge is 2.20. The highest BCUT2D eigenvalue weighted by atomic mass is 35.5. The van der Waals surface area contributed by atoms with Gasteiger partial charge >= 0.3 is 0 Å². The number of aromatic amines is 1. The van der Waals surface area contributed by atoms with Crippen molar-refractivity contribution in [3.05, 3.63) is 28.0 Å². The maximum absolute atomic E-state index is 12.3. The first-order chi connectivity index (χ1) is 8.95. The summed E-state index contributed by atoms with van der Waals surface area (Å²) in [6.45, 7) is 4.47. The zero-order valence-electron chi connectivity index (χ0n) is 11.1. The van der Waals surface area contributed by atoms with Crippen LogP contribution < -0.4 is 0 Å². The number of carbonyl (C=O) groups is 1. The van der Waals surface area contributed by atoms with E-state index in [1.807, 2.05) is 30.5 Å². The van der Waals surface area contributed by atoms with Gasteiger partial charge in [-0.15, -0.1) is 0 Å². The molecule has 1 amide bonds. The van der Waals surface area contributed by atoms with Crippen molar-refractivity contribution in [1.82, 2.24) is 14.5 Å². The Labute approximate surface area is 122 Å². The van der Waals surface area contributed by atoms with Gasteiger partial charge in [-0.3, -0.25) is 4.79 Å². The largest absolute Gasteiger partial charge is 0.344 e. The van der Waals surface area contributed by atoms with Crippen molar-refractivity contribution in [2.24, 2.45) is 0 Å². The number of nitrogens with zero attached hydrogens (tertiary/aromatic N) is 2. The number of rotatable bonds is 3. The molecule has 0 aliphatic heterocycles. The Kier molecular flexibility index (Phi) is 3.96. The average Bonchev–Trinajstić information content (AvgIpc) is 2.71. The van der Waals surface area contributed by atoms with E-state index < -0.39 is 0 Å². The number of hydrogen-bond donors (Lipinski definition) is 1. The second-order valence-corrected chi connectivity index (χ2v) is 5.31. The molecule has 0 fully saturated rings. The monoisotopic (exact) mass is 297 g/mol. The first kappa shape index (κ1) is 14.1. The molecular formula is C13H16ClN3OS. The van der Waals surface area contributed by atoms with E-state index in [4.69, 9.17) is 23.8 Å². The van der Waals surface area contributed by atoms with Crippen LogP contribution in [0.3, 0.4) is 0 Å². The lowest BCUT2D eigenvalue weighted by Gasteiger charge is -2.21. The summed E-state index contributed by atoms with van der Waals surface area (Å²) in [5.41, 5.74) is 1.73. The van der Waals surface area contributed by atoms with Crippen molar-refractivity contribution in [2.45, 2.75) is 19.9 Å². The Bertz CT molecular complexity index is 676. The molecular weight excluding hydrogens is 282 g/mol. The van der Waals surface area contributed by atoms with Crippen LogP contribution in [0, 0.1) is 4.77 Å². The van der Waals surface area contributed by atoms with Gasteiger partial charge in [0.05, 0.1) is 11.0 Å². The number of carbonyl (C=O) groups excluding carboxylic acids is 1. The molecule has 1 unspecified atom stereocenters. The van der Waals surface area contributed by atoms with Crippen LogP contribution in [0.1, 0.15) is 19.9 Å². The fourth-order valence-electron chi connectivity index (χ4n) is 2.07. The predicted octanol–water partition coefficient (Wildman–Crippen LogP) is 3.39. The number of halogens is 1. The van der Waals surface area contributed by atoms with Gasteiger partial charge in [-0.25, -0.2) is 0 Å². The first-order valence-electron chi connectivity index (χ1n) is 6.10. The SMILES string of the molecule is CCN(C)C(=O)C(C)n1c(=S)[nH]c2cc(Cl)ccc21. The highest BCUT2D eigenvalue weighted by molar-refractivity contribution is 7.71. The van der Waals surface area contributed by atoms with E-state index >= 15 is 0 Å². The third-order valence-corrected chi connectivity index (χ3v) is 3.81. The molecule has 19 heavy (non-hydrogen) atoms. The molecule has 4 nitrogen and oxygen atoms in total. The third kappa shape index (κ3) is 2.53. The third-order valence-electron chi connectivity index (χ3n) is 3.27. The summed E-state index contributed by atoms with van der Waals surface area (Å²) in [6, 6.07) is 5.14. The molecule has 102 valence electrons. The van der Waals surface area contributed by atoms with Crippen LogP contribution in [0.4, 0.5) is 0 Å². The standard InChI is InChI=1S/C13H16ClN3OS/c1-4-16(3)12(18)8(2)17-11-6-5-9(14)7-10(11)15-13(17)19/h5-8H,4H2,1-3H3,(H,15,19). The number of nitrogens with one attached hydrogen (secondary N) is 1. The molecule has 0 spiro atoms. The quantitative estimate of drug-likeness (QED) is 0.882. The summed E-state index contributed by atoms with van der Waals surface area (Å²) in [4.78, 5) is 17.0. The number of hydrogen-bond acceptors (Lipinski definition) is 2. The Morgan fingerprint density at radius 2 is 2.26 bits per heavy atom. The van der Waals surface area contributed by atoms with Crippen molar-refractivity contribution >= 4 is 40.8 Å². The lowest BCUT2D eigenvalue weighted by atomic mass is 10.2. The van der Waals surface area contributed by atoms with Crippen LogP contribution in [0.2, 0.25) is 5.02 Å². The number of benzene rings is 1. The van der Waals surface area contributed by atoms with Crippen LogP contribution in [-0.4, -0.2) is 34.0 Å². The minimum atomic E-state index is -0.340. The molecule has 0 aliphatic rings. The van der Waals surface area contributed by atoms with Gasteiger partial charge in [0.1, 0.15) is 6.04 Å². The maximum Gasteiger partial charge on any atom is 0.245 e. The van der Waals surface area contributed by atoms with Gasteiger partial charge in [0.15, 0.2) is 4.77 Å². The minimum absolute atomic E-state index is 0.0365. The lowest BCUT2D eigenvalue weighted by molar-refractivity contribution is -0.132. The minimum Gasteiger partial charge on any atom is -0.344 e. The van der Waals surface area contributed by atoms with Gasteiger partial charge in [0.2, 0.25) is 5.91 Å². The van der Waals surface area contributed by atoms with Gasteiger partial charge in [0.25, 0.3) is 0 Å². The predicted molar refractivity (Wildman–Crippen MR) is 80.2 cm³/mol. The molecule has 1 N–H and O–H groups in total. The number of imidazole rings is 1. The molecule has 6 heteroatoms. The maximum atomic E-state index is 12.3. The molecule has 2 rings (SSSR count). The van der Waals surface area contributed by atoms with Crippen molar-refractivity contribution in [3.8, 4) is 0 Å². The zero-order chi connectivity index (χ0) is 14.2. The summed E-state index contributed by atoms with van der Waals surface area (Å²) >= 11 is 11.3. The van der Waals surface area contributed by atoms with Crippen LogP contribution in [0.15, 0.2) is 18.2 Å². The molecule has 0 saturated carbocycles. The number of likely N-dealkylation sites (N-methyl/N-ethyl adjacent to an activating group) is 1. The van der Waals surface area contributed by atoms with Gasteiger partial charge in [-0.1, -0.05) is 11.6 Å². The second kappa shape index (κ2) is 5.35. The molecule has 2 aromatic rings. The van der Waals surface area contributed by atoms with Gasteiger partial charge in [-0.05, 0) is 44.3 Å². The number of aromatic nitrogens is 2. The van der Waals surface area contributed by atoms with E-state index in [0.29, 0.717) is 16.3 Å². The average molecular weight is 298 g/mol. The highest BCUT2D eigenvalue weighted by Crippen LogP contribution is 2.23. The van der Waals surface area contributed by atoms with Gasteiger partial charge in [0, 0.05) is 18.6 Å². The molecule has 0 aliphatic carbocycles. The fourth-order valence-corrected chi connectivity index (χ4v) is 2.61. The molecule has 1 heterocycles. The van der Waals surface area contributed by atoms with Gasteiger partial charge in [-0.2, -0.15) is 0 Å². The number of H-pyrrole nitrogens is 1. The molecule has 1 aromatic carbocycles. The second-order valence-electron chi connectivity index (χ2n) is 4.49. The van der Waals surface area contributed by atoms with Crippen molar-refractivity contribution in [2.75, 3.05) is 13.6 Å². The molecule has 0 bridgehead atoms. The topological polar surface area (TPSA) is 41.0 Å².